The number of piperidine rings is 1. The molecule has 4 N–H and O–H groups in total. The molecule has 53 heavy (non-hydrogen) atoms. The molecule has 3 aromatic rings. The zero-order chi connectivity index (χ0) is 37.1. The van der Waals surface area contributed by atoms with Crippen molar-refractivity contribution in [2.75, 3.05) is 30.3 Å². The van der Waals surface area contributed by atoms with Crippen LogP contribution in [0.5, 0.6) is 5.75 Å². The monoisotopic (exact) mass is 720 g/mol. The second kappa shape index (κ2) is 15.3. The van der Waals surface area contributed by atoms with Crippen LogP contribution in [0.25, 0.3) is 0 Å². The van der Waals surface area contributed by atoms with Crippen LogP contribution in [0, 0.1) is 0 Å². The van der Waals surface area contributed by atoms with Crippen LogP contribution in [0.3, 0.4) is 0 Å². The summed E-state index contributed by atoms with van der Waals surface area (Å²) >= 11 is 0. The molecule has 3 aromatic carbocycles. The van der Waals surface area contributed by atoms with Crippen LogP contribution >= 0.6 is 0 Å². The van der Waals surface area contributed by atoms with Crippen molar-refractivity contribution in [1.29, 1.82) is 0 Å². The molecule has 2 fully saturated rings. The molecule has 4 aliphatic rings. The van der Waals surface area contributed by atoms with Crippen molar-refractivity contribution < 1.29 is 38.3 Å². The summed E-state index contributed by atoms with van der Waals surface area (Å²) < 4.78 is 5.49. The Balaban J connectivity index is 0.809. The predicted octanol–water partition coefficient (Wildman–Crippen LogP) is 3.63. The highest BCUT2D eigenvalue weighted by Crippen LogP contribution is 2.33. The third kappa shape index (κ3) is 7.91. The average Bonchev–Trinajstić information content (AvgIpc) is 3.97. The van der Waals surface area contributed by atoms with E-state index >= 15 is 0 Å². The molecule has 3 aliphatic heterocycles. The number of carbonyl (C=O) groups excluding carboxylic acids is 7. The first-order valence-electron chi connectivity index (χ1n) is 18.0. The van der Waals surface area contributed by atoms with Gasteiger partial charge < -0.3 is 25.6 Å². The Morgan fingerprint density at radius 2 is 1.51 bits per heavy atom. The first-order chi connectivity index (χ1) is 25.7. The van der Waals surface area contributed by atoms with Gasteiger partial charge in [0.1, 0.15) is 11.8 Å². The Hall–Kier alpha value is -6.05. The van der Waals surface area contributed by atoms with Gasteiger partial charge in [-0.1, -0.05) is 25.0 Å². The minimum absolute atomic E-state index is 0.0718. The number of hydrogen-bond acceptors (Lipinski definition) is 9. The predicted molar refractivity (Wildman–Crippen MR) is 192 cm³/mol. The zero-order valence-corrected chi connectivity index (χ0v) is 29.1. The lowest BCUT2D eigenvalue weighted by Gasteiger charge is -2.27. The smallest absolute Gasteiger partial charge is 0.262 e. The van der Waals surface area contributed by atoms with Gasteiger partial charge in [-0.25, -0.2) is 0 Å². The molecular weight excluding hydrogens is 680 g/mol. The van der Waals surface area contributed by atoms with E-state index in [1.165, 1.54) is 0 Å². The van der Waals surface area contributed by atoms with Crippen LogP contribution in [-0.2, 0) is 20.9 Å². The van der Waals surface area contributed by atoms with Gasteiger partial charge in [-0.15, -0.1) is 0 Å². The number of hydrogen-bond donors (Lipinski definition) is 4. The molecule has 1 saturated heterocycles. The van der Waals surface area contributed by atoms with Crippen LogP contribution < -0.4 is 26.0 Å². The van der Waals surface area contributed by atoms with Crippen LogP contribution in [0.15, 0.2) is 60.7 Å². The maximum absolute atomic E-state index is 13.5. The third-order valence-electron chi connectivity index (χ3n) is 9.84. The van der Waals surface area contributed by atoms with Gasteiger partial charge in [-0.2, -0.15) is 0 Å². The van der Waals surface area contributed by atoms with E-state index in [1.807, 2.05) is 17.0 Å². The first kappa shape index (κ1) is 35.4. The summed E-state index contributed by atoms with van der Waals surface area (Å²) in [6, 6.07) is 16.5. The molecule has 7 amide bonds. The fourth-order valence-corrected chi connectivity index (χ4v) is 6.81. The van der Waals surface area contributed by atoms with E-state index in [-0.39, 0.29) is 54.3 Å². The summed E-state index contributed by atoms with van der Waals surface area (Å²) in [4.78, 5) is 90.3. The van der Waals surface area contributed by atoms with Crippen LogP contribution in [0.2, 0.25) is 0 Å². The number of anilines is 2. The van der Waals surface area contributed by atoms with Gasteiger partial charge in [0.15, 0.2) is 6.61 Å². The number of rotatable bonds is 14. The lowest BCUT2D eigenvalue weighted by Crippen LogP contribution is -2.54. The van der Waals surface area contributed by atoms with E-state index in [4.69, 9.17) is 4.74 Å². The van der Waals surface area contributed by atoms with E-state index < -0.39 is 29.7 Å². The lowest BCUT2D eigenvalue weighted by molar-refractivity contribution is -0.136. The van der Waals surface area contributed by atoms with Crippen molar-refractivity contribution in [2.45, 2.75) is 70.0 Å². The maximum Gasteiger partial charge on any atom is 0.262 e. The Labute approximate surface area is 305 Å². The molecule has 1 unspecified atom stereocenters. The van der Waals surface area contributed by atoms with Crippen LogP contribution in [0.1, 0.15) is 98.4 Å². The second-order valence-corrected chi connectivity index (χ2v) is 13.7. The summed E-state index contributed by atoms with van der Waals surface area (Å²) in [5.41, 5.74) is 3.69. The Bertz CT molecular complexity index is 1990. The van der Waals surface area contributed by atoms with E-state index in [0.717, 1.165) is 49.0 Å². The molecule has 1 saturated carbocycles. The zero-order valence-electron chi connectivity index (χ0n) is 29.1. The van der Waals surface area contributed by atoms with Crippen molar-refractivity contribution in [1.82, 2.24) is 20.4 Å². The molecule has 1 aliphatic carbocycles. The Morgan fingerprint density at radius 3 is 2.26 bits per heavy atom. The number of unbranched alkanes of at least 4 members (excludes halogenated alkanes) is 3. The molecule has 7 rings (SSSR count). The average molecular weight is 721 g/mol. The minimum atomic E-state index is -0.994. The minimum Gasteiger partial charge on any atom is -0.482 e. The quantitative estimate of drug-likeness (QED) is 0.143. The topological polar surface area (TPSA) is 183 Å². The number of ether oxygens (including phenoxy) is 1. The molecule has 0 radical (unpaired) electrons. The van der Waals surface area contributed by atoms with Crippen molar-refractivity contribution >= 4 is 52.7 Å². The summed E-state index contributed by atoms with van der Waals surface area (Å²) in [6.07, 6.45) is 5.58. The van der Waals surface area contributed by atoms with Gasteiger partial charge in [0.2, 0.25) is 11.8 Å². The van der Waals surface area contributed by atoms with Crippen LogP contribution in [-0.4, -0.2) is 82.9 Å². The number of carbonyl (C=O) groups is 7. The van der Waals surface area contributed by atoms with E-state index in [1.54, 1.807) is 48.5 Å². The van der Waals surface area contributed by atoms with Gasteiger partial charge in [-0.05, 0) is 86.2 Å². The normalized spacial score (nSPS) is 17.7. The number of fused-ring (bicyclic) bond motifs is 2. The molecule has 0 bridgehead atoms. The largest absolute Gasteiger partial charge is 0.482 e. The third-order valence-corrected chi connectivity index (χ3v) is 9.84. The molecule has 0 spiro atoms. The van der Waals surface area contributed by atoms with Gasteiger partial charge >= 0.3 is 0 Å². The Morgan fingerprint density at radius 1 is 0.774 bits per heavy atom. The summed E-state index contributed by atoms with van der Waals surface area (Å²) in [6.45, 7) is 1.53. The highest BCUT2D eigenvalue weighted by Gasteiger charge is 2.44. The van der Waals surface area contributed by atoms with E-state index in [0.29, 0.717) is 47.9 Å². The first-order valence-corrected chi connectivity index (χ1v) is 18.0. The summed E-state index contributed by atoms with van der Waals surface area (Å²) in [5.74, 6) is -2.13. The maximum atomic E-state index is 13.5. The number of imide groups is 2. The number of nitrogens with one attached hydrogen (secondary N) is 4. The van der Waals surface area contributed by atoms with Crippen molar-refractivity contribution in [3.05, 3.63) is 88.5 Å². The number of nitrogens with zero attached hydrogens (tertiary/aromatic N) is 2. The van der Waals surface area contributed by atoms with Gasteiger partial charge in [0.05, 0.1) is 16.8 Å². The molecule has 3 heterocycles. The van der Waals surface area contributed by atoms with E-state index in [2.05, 4.69) is 21.3 Å². The second-order valence-electron chi connectivity index (χ2n) is 13.7. The summed E-state index contributed by atoms with van der Waals surface area (Å²) in [5, 5.41) is 11.2. The lowest BCUT2D eigenvalue weighted by atomic mass is 10.0. The van der Waals surface area contributed by atoms with Crippen molar-refractivity contribution in [3.8, 4) is 5.75 Å². The van der Waals surface area contributed by atoms with Gasteiger partial charge in [0.25, 0.3) is 29.5 Å². The fourth-order valence-electron chi connectivity index (χ4n) is 6.81. The van der Waals surface area contributed by atoms with Crippen molar-refractivity contribution in [2.24, 2.45) is 0 Å². The molecule has 1 atom stereocenters. The molecule has 274 valence electrons. The number of amides is 7. The summed E-state index contributed by atoms with van der Waals surface area (Å²) in [7, 11) is 0. The Kier molecular flexibility index (Phi) is 10.2. The van der Waals surface area contributed by atoms with Gasteiger partial charge in [0, 0.05) is 48.9 Å². The standard InChI is InChI=1S/C39H40N6O8/c46-33-16-15-31(36(49)43-33)45-38(51)28-13-10-26(20-29(28)39(45)52)40-17-3-1-2-4-18-41-35(48)24-7-5-23(6-8-24)21-44(27-11-12-27)37(50)25-9-14-30-32(19-25)53-22-34(47)42-30/h5-10,13-14,19-20,27,31,40H,1-4,11-12,15-18,21-22H2,(H,41,48)(H,42,47)(H,43,46,49). The highest BCUT2D eigenvalue weighted by atomic mass is 16.5. The molecular formula is C39H40N6O8. The van der Waals surface area contributed by atoms with E-state index in [9.17, 15) is 33.6 Å². The fraction of sp³-hybridized carbons (Fsp3) is 0.359. The highest BCUT2D eigenvalue weighted by molar-refractivity contribution is 6.23. The SMILES string of the molecule is O=C1CCC(N2C(=O)c3ccc(NCCCCCCNC(=O)c4ccc(CN(C(=O)c5ccc6c(c5)OCC(=O)N6)C5CC5)cc4)cc3C2=O)C(=O)N1. The number of benzene rings is 3. The molecule has 14 nitrogen and oxygen atoms in total. The van der Waals surface area contributed by atoms with Crippen LogP contribution in [0.4, 0.5) is 11.4 Å². The van der Waals surface area contributed by atoms with Gasteiger partial charge in [-0.3, -0.25) is 43.8 Å². The molecule has 14 heteroatoms. The molecule has 0 aromatic heterocycles. The van der Waals surface area contributed by atoms with Crippen molar-refractivity contribution in [3.63, 3.8) is 0 Å².